The van der Waals surface area contributed by atoms with Gasteiger partial charge in [-0.1, -0.05) is 0 Å². The number of anilines is 1. The van der Waals surface area contributed by atoms with Crippen molar-refractivity contribution in [2.24, 2.45) is 0 Å². The second kappa shape index (κ2) is 9.33. The van der Waals surface area contributed by atoms with Crippen LogP contribution in [0.1, 0.15) is 41.5 Å². The van der Waals surface area contributed by atoms with Gasteiger partial charge in [0.2, 0.25) is 11.5 Å². The number of carbonyl (C=O) groups is 2. The van der Waals surface area contributed by atoms with Crippen molar-refractivity contribution in [1.82, 2.24) is 5.32 Å². The third kappa shape index (κ3) is 5.41. The molecule has 0 fully saturated rings. The Kier molecular flexibility index (Phi) is 7.06. The number of nitro benzene ring substituents is 1. The quantitative estimate of drug-likeness (QED) is 0.508. The lowest BCUT2D eigenvalue weighted by Gasteiger charge is -2.20. The lowest BCUT2D eigenvalue weighted by Crippen LogP contribution is -2.40. The summed E-state index contributed by atoms with van der Waals surface area (Å²) in [6.07, 6.45) is 0. The van der Waals surface area contributed by atoms with Gasteiger partial charge in [-0.25, -0.2) is 0 Å². The topological polar surface area (TPSA) is 129 Å². The monoisotopic (exact) mass is 431 g/mol. The van der Waals surface area contributed by atoms with Crippen LogP contribution in [0.2, 0.25) is 0 Å². The van der Waals surface area contributed by atoms with E-state index in [0.717, 1.165) is 0 Å². The van der Waals surface area contributed by atoms with Gasteiger partial charge in [0.05, 0.1) is 26.3 Å². The summed E-state index contributed by atoms with van der Waals surface area (Å²) in [5.74, 6) is -1.14. The highest BCUT2D eigenvalue weighted by molar-refractivity contribution is 6.08. The standard InChI is InChI=1S/C21H25N3O7/c1-21(2,3)23-19(25)12-7-9-13(10-8-12)22-20(26)14-11-15(29-4)17(30-5)18(31-6)16(14)24(27)28/h7-11H,1-6H3,(H,22,26)(H,23,25). The zero-order chi connectivity index (χ0) is 23.3. The molecule has 0 spiro atoms. The molecule has 0 unspecified atom stereocenters. The molecule has 2 N–H and O–H groups in total. The van der Waals surface area contributed by atoms with E-state index in [2.05, 4.69) is 10.6 Å². The van der Waals surface area contributed by atoms with E-state index in [1.165, 1.54) is 39.5 Å². The predicted octanol–water partition coefficient (Wildman–Crippen LogP) is 3.40. The number of amides is 2. The van der Waals surface area contributed by atoms with E-state index in [1.54, 1.807) is 12.1 Å². The Morgan fingerprint density at radius 1 is 0.935 bits per heavy atom. The third-order valence-electron chi connectivity index (χ3n) is 4.12. The first-order chi connectivity index (χ1) is 14.5. The van der Waals surface area contributed by atoms with Gasteiger partial charge >= 0.3 is 5.69 Å². The van der Waals surface area contributed by atoms with Crippen LogP contribution in [-0.4, -0.2) is 43.6 Å². The van der Waals surface area contributed by atoms with E-state index in [9.17, 15) is 19.7 Å². The second-order valence-electron chi connectivity index (χ2n) is 7.53. The van der Waals surface area contributed by atoms with Gasteiger partial charge in [-0.05, 0) is 45.0 Å². The molecule has 0 saturated carbocycles. The maximum atomic E-state index is 12.8. The number of hydrogen-bond donors (Lipinski definition) is 2. The maximum Gasteiger partial charge on any atom is 0.327 e. The number of ether oxygens (including phenoxy) is 3. The normalized spacial score (nSPS) is 10.8. The van der Waals surface area contributed by atoms with Gasteiger partial charge in [0.25, 0.3) is 11.8 Å². The van der Waals surface area contributed by atoms with Crippen LogP contribution in [0, 0.1) is 10.1 Å². The van der Waals surface area contributed by atoms with Crippen LogP contribution < -0.4 is 24.8 Å². The summed E-state index contributed by atoms with van der Waals surface area (Å²) in [6, 6.07) is 7.35. The van der Waals surface area contributed by atoms with E-state index in [-0.39, 0.29) is 28.7 Å². The molecule has 0 aliphatic rings. The number of nitro groups is 1. The first-order valence-corrected chi connectivity index (χ1v) is 9.23. The Morgan fingerprint density at radius 3 is 1.97 bits per heavy atom. The summed E-state index contributed by atoms with van der Waals surface area (Å²) in [7, 11) is 3.88. The number of carbonyl (C=O) groups excluding carboxylic acids is 2. The molecule has 2 rings (SSSR count). The van der Waals surface area contributed by atoms with Crippen molar-refractivity contribution in [2.75, 3.05) is 26.6 Å². The van der Waals surface area contributed by atoms with Gasteiger partial charge in [-0.3, -0.25) is 19.7 Å². The van der Waals surface area contributed by atoms with E-state index in [4.69, 9.17) is 14.2 Å². The molecule has 0 aliphatic heterocycles. The van der Waals surface area contributed by atoms with E-state index in [1.807, 2.05) is 20.8 Å². The van der Waals surface area contributed by atoms with Crippen LogP contribution in [0.5, 0.6) is 17.2 Å². The Balaban J connectivity index is 2.37. The summed E-state index contributed by atoms with van der Waals surface area (Å²) < 4.78 is 15.5. The molecule has 31 heavy (non-hydrogen) atoms. The molecular formula is C21H25N3O7. The van der Waals surface area contributed by atoms with Gasteiger partial charge in [0.15, 0.2) is 5.75 Å². The number of rotatable bonds is 7. The first-order valence-electron chi connectivity index (χ1n) is 9.23. The Labute approximate surface area is 179 Å². The molecule has 2 aromatic rings. The highest BCUT2D eigenvalue weighted by Gasteiger charge is 2.32. The van der Waals surface area contributed by atoms with Crippen LogP contribution in [0.3, 0.4) is 0 Å². The minimum absolute atomic E-state index is 0.00228. The summed E-state index contributed by atoms with van der Waals surface area (Å²) in [4.78, 5) is 36.0. The summed E-state index contributed by atoms with van der Waals surface area (Å²) in [5.41, 5.74) is -0.463. The van der Waals surface area contributed by atoms with Gasteiger partial charge in [-0.15, -0.1) is 0 Å². The van der Waals surface area contributed by atoms with Crippen molar-refractivity contribution >= 4 is 23.2 Å². The van der Waals surface area contributed by atoms with E-state index >= 15 is 0 Å². The molecule has 0 heterocycles. The largest absolute Gasteiger partial charge is 0.493 e. The van der Waals surface area contributed by atoms with E-state index in [0.29, 0.717) is 11.3 Å². The van der Waals surface area contributed by atoms with Crippen molar-refractivity contribution in [3.8, 4) is 17.2 Å². The lowest BCUT2D eigenvalue weighted by molar-refractivity contribution is -0.386. The minimum atomic E-state index is -0.752. The van der Waals surface area contributed by atoms with Gasteiger partial charge in [0, 0.05) is 22.9 Å². The summed E-state index contributed by atoms with van der Waals surface area (Å²) in [5, 5.41) is 17.1. The smallest absolute Gasteiger partial charge is 0.327 e. The number of benzene rings is 2. The average Bonchev–Trinajstić information content (AvgIpc) is 2.70. The molecule has 0 saturated heterocycles. The van der Waals surface area contributed by atoms with Gasteiger partial charge in [-0.2, -0.15) is 0 Å². The fraction of sp³-hybridized carbons (Fsp3) is 0.333. The van der Waals surface area contributed by atoms with Gasteiger partial charge in [0.1, 0.15) is 5.56 Å². The van der Waals surface area contributed by atoms with Crippen LogP contribution in [-0.2, 0) is 0 Å². The Morgan fingerprint density at radius 2 is 1.52 bits per heavy atom. The fourth-order valence-corrected chi connectivity index (χ4v) is 2.81. The maximum absolute atomic E-state index is 12.8. The summed E-state index contributed by atoms with van der Waals surface area (Å²) >= 11 is 0. The molecule has 0 radical (unpaired) electrons. The van der Waals surface area contributed by atoms with Crippen LogP contribution in [0.25, 0.3) is 0 Å². The minimum Gasteiger partial charge on any atom is -0.493 e. The van der Waals surface area contributed by atoms with Crippen molar-refractivity contribution in [3.05, 3.63) is 51.6 Å². The molecule has 0 atom stereocenters. The number of hydrogen-bond acceptors (Lipinski definition) is 7. The average molecular weight is 431 g/mol. The van der Waals surface area contributed by atoms with Crippen molar-refractivity contribution in [3.63, 3.8) is 0 Å². The molecular weight excluding hydrogens is 406 g/mol. The predicted molar refractivity (Wildman–Crippen MR) is 114 cm³/mol. The number of nitrogens with zero attached hydrogens (tertiary/aromatic N) is 1. The Hall–Kier alpha value is -3.82. The zero-order valence-corrected chi connectivity index (χ0v) is 18.2. The zero-order valence-electron chi connectivity index (χ0n) is 18.2. The highest BCUT2D eigenvalue weighted by atomic mass is 16.6. The number of methoxy groups -OCH3 is 3. The second-order valence-corrected chi connectivity index (χ2v) is 7.53. The Bertz CT molecular complexity index is 996. The molecule has 2 aromatic carbocycles. The van der Waals surface area contributed by atoms with Crippen LogP contribution in [0.15, 0.2) is 30.3 Å². The van der Waals surface area contributed by atoms with Crippen LogP contribution >= 0.6 is 0 Å². The van der Waals surface area contributed by atoms with Crippen LogP contribution in [0.4, 0.5) is 11.4 Å². The summed E-state index contributed by atoms with van der Waals surface area (Å²) in [6.45, 7) is 5.59. The fourth-order valence-electron chi connectivity index (χ4n) is 2.81. The molecule has 0 bridgehead atoms. The van der Waals surface area contributed by atoms with Crippen molar-refractivity contribution < 1.29 is 28.7 Å². The van der Waals surface area contributed by atoms with E-state index < -0.39 is 22.1 Å². The first kappa shape index (κ1) is 23.5. The van der Waals surface area contributed by atoms with Crippen molar-refractivity contribution in [2.45, 2.75) is 26.3 Å². The van der Waals surface area contributed by atoms with Gasteiger partial charge < -0.3 is 24.8 Å². The molecule has 10 nitrogen and oxygen atoms in total. The third-order valence-corrected chi connectivity index (χ3v) is 4.12. The molecule has 166 valence electrons. The van der Waals surface area contributed by atoms with Crippen molar-refractivity contribution in [1.29, 1.82) is 0 Å². The lowest BCUT2D eigenvalue weighted by atomic mass is 10.1. The molecule has 0 aliphatic carbocycles. The molecule has 0 aromatic heterocycles. The molecule has 10 heteroatoms. The highest BCUT2D eigenvalue weighted by Crippen LogP contribution is 2.46. The SMILES string of the molecule is COc1cc(C(=O)Nc2ccc(C(=O)NC(C)(C)C)cc2)c([N+](=O)[O-])c(OC)c1OC. The number of nitrogens with one attached hydrogen (secondary N) is 2. The molecule has 2 amide bonds.